The largest absolute Gasteiger partial charge is 0.309 e. The van der Waals surface area contributed by atoms with E-state index in [1.54, 1.807) is 0 Å². The van der Waals surface area contributed by atoms with Crippen molar-refractivity contribution < 1.29 is 0 Å². The number of rotatable bonds is 4. The Hall–Kier alpha value is -0.790. The van der Waals surface area contributed by atoms with Crippen LogP contribution in [0.2, 0.25) is 5.02 Å². The van der Waals surface area contributed by atoms with Gasteiger partial charge in [0.15, 0.2) is 0 Å². The van der Waals surface area contributed by atoms with Crippen LogP contribution in [0.25, 0.3) is 0 Å². The predicted octanol–water partition coefficient (Wildman–Crippen LogP) is 3.70. The van der Waals surface area contributed by atoms with E-state index in [4.69, 9.17) is 11.6 Å². The van der Waals surface area contributed by atoms with Crippen molar-refractivity contribution in [3.05, 3.63) is 46.0 Å². The van der Waals surface area contributed by atoms with Crippen LogP contribution in [0.5, 0.6) is 0 Å². The summed E-state index contributed by atoms with van der Waals surface area (Å²) in [6, 6.07) is 6.18. The van der Waals surface area contributed by atoms with E-state index in [0.29, 0.717) is 0 Å². The summed E-state index contributed by atoms with van der Waals surface area (Å²) in [5, 5.41) is 4.19. The predicted molar refractivity (Wildman–Crippen MR) is 67.3 cm³/mol. The van der Waals surface area contributed by atoms with Crippen LogP contribution in [0.1, 0.15) is 25.0 Å². The lowest BCUT2D eigenvalue weighted by Crippen LogP contribution is -2.13. The van der Waals surface area contributed by atoms with Crippen LogP contribution in [0.3, 0.4) is 0 Å². The number of nitrogens with one attached hydrogen (secondary N) is 1. The number of halogens is 1. The third-order valence-corrected chi connectivity index (χ3v) is 2.63. The van der Waals surface area contributed by atoms with Gasteiger partial charge >= 0.3 is 0 Å². The molecule has 1 N–H and O–H groups in total. The van der Waals surface area contributed by atoms with Crippen molar-refractivity contribution in [3.63, 3.8) is 0 Å². The van der Waals surface area contributed by atoms with Crippen LogP contribution in [-0.2, 0) is 6.54 Å². The van der Waals surface area contributed by atoms with Crippen molar-refractivity contribution in [3.8, 4) is 0 Å². The minimum atomic E-state index is 0.844. The summed E-state index contributed by atoms with van der Waals surface area (Å²) < 4.78 is 0. The van der Waals surface area contributed by atoms with E-state index in [9.17, 15) is 0 Å². The summed E-state index contributed by atoms with van der Waals surface area (Å²) in [4.78, 5) is 0. The van der Waals surface area contributed by atoms with Crippen molar-refractivity contribution in [2.45, 2.75) is 27.3 Å². The van der Waals surface area contributed by atoms with Crippen LogP contribution in [0.4, 0.5) is 0 Å². The van der Waals surface area contributed by atoms with Gasteiger partial charge in [-0.25, -0.2) is 0 Å². The minimum absolute atomic E-state index is 0.844. The molecule has 0 unspecified atom stereocenters. The number of hydrogen-bond donors (Lipinski definition) is 1. The molecule has 0 radical (unpaired) electrons. The molecular formula is C13H18ClN. The van der Waals surface area contributed by atoms with Crippen molar-refractivity contribution >= 4 is 11.6 Å². The van der Waals surface area contributed by atoms with Gasteiger partial charge in [0.1, 0.15) is 0 Å². The van der Waals surface area contributed by atoms with Gasteiger partial charge in [0.25, 0.3) is 0 Å². The number of benzene rings is 1. The van der Waals surface area contributed by atoms with Gasteiger partial charge in [-0.2, -0.15) is 0 Å². The van der Waals surface area contributed by atoms with Crippen LogP contribution in [-0.4, -0.2) is 6.54 Å². The van der Waals surface area contributed by atoms with Gasteiger partial charge in [-0.15, -0.1) is 0 Å². The lowest BCUT2D eigenvalue weighted by Gasteiger charge is -2.04. The minimum Gasteiger partial charge on any atom is -0.309 e. The fourth-order valence-corrected chi connectivity index (χ4v) is 1.44. The van der Waals surface area contributed by atoms with E-state index < -0.39 is 0 Å². The molecule has 15 heavy (non-hydrogen) atoms. The Bertz CT molecular complexity index is 352. The van der Waals surface area contributed by atoms with Crippen LogP contribution >= 0.6 is 11.6 Å². The second-order valence-corrected chi connectivity index (χ2v) is 4.40. The third-order valence-electron chi connectivity index (χ3n) is 2.22. The van der Waals surface area contributed by atoms with Gasteiger partial charge in [0.05, 0.1) is 0 Å². The van der Waals surface area contributed by atoms with E-state index >= 15 is 0 Å². The summed E-state index contributed by atoms with van der Waals surface area (Å²) in [6.07, 6.45) is 2.18. The van der Waals surface area contributed by atoms with Crippen LogP contribution < -0.4 is 5.32 Å². The average Bonchev–Trinajstić information content (AvgIpc) is 2.18. The van der Waals surface area contributed by atoms with Crippen molar-refractivity contribution in [2.75, 3.05) is 6.54 Å². The quantitative estimate of drug-likeness (QED) is 0.606. The van der Waals surface area contributed by atoms with E-state index in [0.717, 1.165) is 23.7 Å². The van der Waals surface area contributed by atoms with Gasteiger partial charge in [0.2, 0.25) is 0 Å². The molecule has 1 aromatic rings. The molecule has 82 valence electrons. The Morgan fingerprint density at radius 3 is 2.73 bits per heavy atom. The van der Waals surface area contributed by atoms with E-state index in [-0.39, 0.29) is 0 Å². The second kappa shape index (κ2) is 5.94. The number of aryl methyl sites for hydroxylation is 1. The van der Waals surface area contributed by atoms with E-state index in [1.165, 1.54) is 11.1 Å². The topological polar surface area (TPSA) is 12.0 Å². The Morgan fingerprint density at radius 1 is 1.40 bits per heavy atom. The molecule has 2 heteroatoms. The first kappa shape index (κ1) is 12.3. The average molecular weight is 224 g/mol. The van der Waals surface area contributed by atoms with Gasteiger partial charge in [-0.1, -0.05) is 35.4 Å². The number of hydrogen-bond acceptors (Lipinski definition) is 1. The zero-order valence-corrected chi connectivity index (χ0v) is 10.4. The molecule has 1 nitrogen and oxygen atoms in total. The first-order valence-corrected chi connectivity index (χ1v) is 5.56. The monoisotopic (exact) mass is 223 g/mol. The van der Waals surface area contributed by atoms with Crippen molar-refractivity contribution in [1.29, 1.82) is 0 Å². The zero-order chi connectivity index (χ0) is 11.3. The zero-order valence-electron chi connectivity index (χ0n) is 9.60. The molecule has 0 aromatic heterocycles. The van der Waals surface area contributed by atoms with Gasteiger partial charge in [0, 0.05) is 18.1 Å². The van der Waals surface area contributed by atoms with Crippen molar-refractivity contribution in [1.82, 2.24) is 5.32 Å². The summed E-state index contributed by atoms with van der Waals surface area (Å²) in [7, 11) is 0. The Kier molecular flexibility index (Phi) is 4.86. The molecule has 0 saturated heterocycles. The van der Waals surface area contributed by atoms with E-state index in [1.807, 2.05) is 13.0 Å². The first-order chi connectivity index (χ1) is 7.09. The van der Waals surface area contributed by atoms with Crippen molar-refractivity contribution in [2.24, 2.45) is 0 Å². The van der Waals surface area contributed by atoms with Gasteiger partial charge < -0.3 is 5.32 Å². The molecule has 0 heterocycles. The normalized spacial score (nSPS) is 10.1. The SMILES string of the molecule is CC(C)=CCNCc1ccc(C)c(Cl)c1. The molecule has 0 fully saturated rings. The highest BCUT2D eigenvalue weighted by Gasteiger charge is 1.96. The maximum absolute atomic E-state index is 6.04. The van der Waals surface area contributed by atoms with Crippen LogP contribution in [0, 0.1) is 6.92 Å². The van der Waals surface area contributed by atoms with E-state index in [2.05, 4.69) is 37.4 Å². The highest BCUT2D eigenvalue weighted by molar-refractivity contribution is 6.31. The van der Waals surface area contributed by atoms with Crippen LogP contribution in [0.15, 0.2) is 29.8 Å². The molecule has 0 amide bonds. The number of allylic oxidation sites excluding steroid dienone is 1. The molecule has 0 bridgehead atoms. The molecule has 1 rings (SSSR count). The highest BCUT2D eigenvalue weighted by Crippen LogP contribution is 2.16. The molecule has 0 aliphatic carbocycles. The molecule has 0 aliphatic rings. The standard InChI is InChI=1S/C13H18ClN/c1-10(2)6-7-15-9-12-5-4-11(3)13(14)8-12/h4-6,8,15H,7,9H2,1-3H3. The van der Waals surface area contributed by atoms with Gasteiger partial charge in [-0.05, 0) is 38.0 Å². The molecule has 0 spiro atoms. The Morgan fingerprint density at radius 2 is 2.13 bits per heavy atom. The highest BCUT2D eigenvalue weighted by atomic mass is 35.5. The molecule has 1 aromatic carbocycles. The molecule has 0 atom stereocenters. The maximum atomic E-state index is 6.04. The lowest BCUT2D eigenvalue weighted by molar-refractivity contribution is 0.757. The second-order valence-electron chi connectivity index (χ2n) is 4.00. The Labute approximate surface area is 97.1 Å². The fourth-order valence-electron chi connectivity index (χ4n) is 1.24. The third kappa shape index (κ3) is 4.50. The summed E-state index contributed by atoms with van der Waals surface area (Å²) in [5.74, 6) is 0. The fraction of sp³-hybridized carbons (Fsp3) is 0.385. The summed E-state index contributed by atoms with van der Waals surface area (Å²) in [5.41, 5.74) is 3.70. The Balaban J connectivity index is 2.44. The molecular weight excluding hydrogens is 206 g/mol. The lowest BCUT2D eigenvalue weighted by atomic mass is 10.1. The molecule has 0 aliphatic heterocycles. The smallest absolute Gasteiger partial charge is 0.0438 e. The summed E-state index contributed by atoms with van der Waals surface area (Å²) in [6.45, 7) is 8.00. The van der Waals surface area contributed by atoms with Gasteiger partial charge in [-0.3, -0.25) is 0 Å². The first-order valence-electron chi connectivity index (χ1n) is 5.18. The molecule has 0 saturated carbocycles. The maximum Gasteiger partial charge on any atom is 0.0438 e. The summed E-state index contributed by atoms with van der Waals surface area (Å²) >= 11 is 6.04.